The summed E-state index contributed by atoms with van der Waals surface area (Å²) in [6, 6.07) is 3.87. The highest BCUT2D eigenvalue weighted by Gasteiger charge is 2.13. The second-order valence-corrected chi connectivity index (χ2v) is 4.03. The first kappa shape index (κ1) is 11.5. The Labute approximate surface area is 93.6 Å². The Kier molecular flexibility index (Phi) is 3.85. The Balaban J connectivity index is 1.86. The molecular weight excluding hydrogens is 212 g/mol. The van der Waals surface area contributed by atoms with E-state index in [9.17, 15) is 8.78 Å². The van der Waals surface area contributed by atoms with Gasteiger partial charge in [-0.25, -0.2) is 8.78 Å². The van der Waals surface area contributed by atoms with Crippen molar-refractivity contribution >= 4 is 0 Å². The molecule has 4 heteroatoms. The van der Waals surface area contributed by atoms with E-state index in [4.69, 9.17) is 4.74 Å². The molecule has 1 atom stereocenters. The van der Waals surface area contributed by atoms with Crippen LogP contribution in [0, 0.1) is 11.6 Å². The molecule has 0 radical (unpaired) electrons. The van der Waals surface area contributed by atoms with Crippen LogP contribution in [-0.4, -0.2) is 19.2 Å². The predicted molar refractivity (Wildman–Crippen MR) is 57.0 cm³/mol. The van der Waals surface area contributed by atoms with Gasteiger partial charge in [0.15, 0.2) is 11.6 Å². The van der Waals surface area contributed by atoms with Crippen LogP contribution in [0.4, 0.5) is 8.78 Å². The number of hydrogen-bond acceptors (Lipinski definition) is 2. The lowest BCUT2D eigenvalue weighted by atomic mass is 10.1. The molecule has 0 saturated carbocycles. The molecule has 0 aliphatic carbocycles. The minimum Gasteiger partial charge on any atom is -0.372 e. The maximum atomic E-state index is 12.9. The van der Waals surface area contributed by atoms with Gasteiger partial charge in [0.05, 0.1) is 12.7 Å². The molecule has 88 valence electrons. The molecule has 0 amide bonds. The third-order valence-corrected chi connectivity index (χ3v) is 2.72. The fourth-order valence-electron chi connectivity index (χ4n) is 1.81. The summed E-state index contributed by atoms with van der Waals surface area (Å²) in [4.78, 5) is 0. The number of hydrogen-bond donors (Lipinski definition) is 1. The Bertz CT molecular complexity index is 351. The van der Waals surface area contributed by atoms with Crippen LogP contribution in [0.1, 0.15) is 18.4 Å². The molecule has 1 aromatic rings. The monoisotopic (exact) mass is 227 g/mol. The van der Waals surface area contributed by atoms with Gasteiger partial charge in [-0.15, -0.1) is 0 Å². The van der Waals surface area contributed by atoms with Gasteiger partial charge < -0.3 is 10.1 Å². The van der Waals surface area contributed by atoms with Crippen LogP contribution < -0.4 is 5.32 Å². The van der Waals surface area contributed by atoms with Gasteiger partial charge in [0.25, 0.3) is 0 Å². The van der Waals surface area contributed by atoms with Crippen LogP contribution in [0.25, 0.3) is 0 Å². The number of nitrogens with one attached hydrogen (secondary N) is 1. The smallest absolute Gasteiger partial charge is 0.159 e. The topological polar surface area (TPSA) is 21.3 Å². The zero-order valence-corrected chi connectivity index (χ0v) is 9.01. The highest BCUT2D eigenvalue weighted by atomic mass is 19.2. The summed E-state index contributed by atoms with van der Waals surface area (Å²) in [6.07, 6.45) is 2.31. The number of rotatable bonds is 3. The van der Waals surface area contributed by atoms with Gasteiger partial charge in [0.2, 0.25) is 0 Å². The molecule has 1 heterocycles. The highest BCUT2D eigenvalue weighted by Crippen LogP contribution is 2.12. The van der Waals surface area contributed by atoms with Gasteiger partial charge in [0.1, 0.15) is 0 Å². The Morgan fingerprint density at radius 2 is 2.19 bits per heavy atom. The lowest BCUT2D eigenvalue weighted by Crippen LogP contribution is -2.35. The van der Waals surface area contributed by atoms with E-state index < -0.39 is 11.6 Å². The van der Waals surface area contributed by atoms with E-state index in [1.807, 2.05) is 0 Å². The lowest BCUT2D eigenvalue weighted by Gasteiger charge is -2.23. The molecule has 0 aromatic heterocycles. The van der Waals surface area contributed by atoms with Crippen molar-refractivity contribution in [3.8, 4) is 0 Å². The first-order valence-corrected chi connectivity index (χ1v) is 5.52. The van der Waals surface area contributed by atoms with Crippen molar-refractivity contribution in [1.29, 1.82) is 0 Å². The van der Waals surface area contributed by atoms with Crippen LogP contribution in [0.5, 0.6) is 0 Å². The number of ether oxygens (including phenoxy) is 1. The average molecular weight is 227 g/mol. The van der Waals surface area contributed by atoms with Crippen LogP contribution in [0.2, 0.25) is 0 Å². The van der Waals surface area contributed by atoms with E-state index >= 15 is 0 Å². The quantitative estimate of drug-likeness (QED) is 0.855. The first-order valence-electron chi connectivity index (χ1n) is 5.52. The second kappa shape index (κ2) is 5.37. The van der Waals surface area contributed by atoms with Crippen molar-refractivity contribution < 1.29 is 13.5 Å². The zero-order chi connectivity index (χ0) is 11.4. The third kappa shape index (κ3) is 3.00. The molecule has 1 N–H and O–H groups in total. The molecule has 0 bridgehead atoms. The van der Waals surface area contributed by atoms with Crippen molar-refractivity contribution in [2.75, 3.05) is 13.1 Å². The van der Waals surface area contributed by atoms with Crippen molar-refractivity contribution in [2.24, 2.45) is 0 Å². The van der Waals surface area contributed by atoms with Crippen LogP contribution in [0.15, 0.2) is 18.2 Å². The molecular formula is C12H15F2NO. The van der Waals surface area contributed by atoms with Gasteiger partial charge in [0, 0.05) is 6.54 Å². The SMILES string of the molecule is Fc1ccc(COC2CCCNC2)cc1F. The summed E-state index contributed by atoms with van der Waals surface area (Å²) in [5.41, 5.74) is 0.671. The van der Waals surface area contributed by atoms with Crippen LogP contribution in [0.3, 0.4) is 0 Å². The van der Waals surface area contributed by atoms with Crippen LogP contribution >= 0.6 is 0 Å². The summed E-state index contributed by atoms with van der Waals surface area (Å²) in [6.45, 7) is 2.21. The van der Waals surface area contributed by atoms with Gasteiger partial charge in [-0.05, 0) is 37.1 Å². The highest BCUT2D eigenvalue weighted by molar-refractivity contribution is 5.16. The van der Waals surface area contributed by atoms with Crippen molar-refractivity contribution in [3.63, 3.8) is 0 Å². The number of halogens is 2. The van der Waals surface area contributed by atoms with Gasteiger partial charge >= 0.3 is 0 Å². The summed E-state index contributed by atoms with van der Waals surface area (Å²) >= 11 is 0. The molecule has 1 aliphatic heterocycles. The summed E-state index contributed by atoms with van der Waals surface area (Å²) in [5.74, 6) is -1.63. The summed E-state index contributed by atoms with van der Waals surface area (Å²) in [7, 11) is 0. The van der Waals surface area contributed by atoms with Crippen LogP contribution in [-0.2, 0) is 11.3 Å². The van der Waals surface area contributed by atoms with E-state index in [0.717, 1.165) is 32.0 Å². The number of piperidine rings is 1. The zero-order valence-electron chi connectivity index (χ0n) is 9.01. The molecule has 2 nitrogen and oxygen atoms in total. The van der Waals surface area contributed by atoms with Gasteiger partial charge in [-0.2, -0.15) is 0 Å². The van der Waals surface area contributed by atoms with Gasteiger partial charge in [-0.1, -0.05) is 6.07 Å². The maximum Gasteiger partial charge on any atom is 0.159 e. The van der Waals surface area contributed by atoms with Gasteiger partial charge in [-0.3, -0.25) is 0 Å². The molecule has 1 unspecified atom stereocenters. The minimum absolute atomic E-state index is 0.182. The predicted octanol–water partition coefficient (Wildman–Crippen LogP) is 2.23. The normalized spacial score (nSPS) is 21.0. The lowest BCUT2D eigenvalue weighted by molar-refractivity contribution is 0.0251. The first-order chi connectivity index (χ1) is 7.75. The molecule has 1 aliphatic rings. The van der Waals surface area contributed by atoms with E-state index in [-0.39, 0.29) is 6.10 Å². The average Bonchev–Trinajstić information content (AvgIpc) is 2.32. The Morgan fingerprint density at radius 1 is 1.31 bits per heavy atom. The summed E-state index contributed by atoms with van der Waals surface area (Å²) < 4.78 is 31.2. The molecule has 2 rings (SSSR count). The van der Waals surface area contributed by atoms with Crippen molar-refractivity contribution in [2.45, 2.75) is 25.6 Å². The fourth-order valence-corrected chi connectivity index (χ4v) is 1.81. The largest absolute Gasteiger partial charge is 0.372 e. The van der Waals surface area contributed by atoms with E-state index in [2.05, 4.69) is 5.32 Å². The molecule has 0 spiro atoms. The molecule has 1 fully saturated rings. The van der Waals surface area contributed by atoms with E-state index in [0.29, 0.717) is 12.2 Å². The van der Waals surface area contributed by atoms with E-state index in [1.165, 1.54) is 6.07 Å². The third-order valence-electron chi connectivity index (χ3n) is 2.72. The van der Waals surface area contributed by atoms with Crippen molar-refractivity contribution in [3.05, 3.63) is 35.4 Å². The van der Waals surface area contributed by atoms with Crippen molar-refractivity contribution in [1.82, 2.24) is 5.32 Å². The molecule has 1 aromatic carbocycles. The Hall–Kier alpha value is -1.00. The standard InChI is InChI=1S/C12H15F2NO/c13-11-4-3-9(6-12(11)14)8-16-10-2-1-5-15-7-10/h3-4,6,10,15H,1-2,5,7-8H2. The fraction of sp³-hybridized carbons (Fsp3) is 0.500. The maximum absolute atomic E-state index is 12.9. The molecule has 16 heavy (non-hydrogen) atoms. The second-order valence-electron chi connectivity index (χ2n) is 4.03. The Morgan fingerprint density at radius 3 is 2.88 bits per heavy atom. The number of benzene rings is 1. The molecule has 1 saturated heterocycles. The van der Waals surface area contributed by atoms with E-state index in [1.54, 1.807) is 6.07 Å². The summed E-state index contributed by atoms with van der Waals surface area (Å²) in [5, 5.41) is 3.23. The minimum atomic E-state index is -0.817.